The maximum atomic E-state index is 11.8. The van der Waals surface area contributed by atoms with Crippen LogP contribution in [0.25, 0.3) is 0 Å². The van der Waals surface area contributed by atoms with Crippen LogP contribution in [0.1, 0.15) is 10.4 Å². The SMILES string of the molecule is O=C(OC1COC1)c1cc(S(=O)(=O)Cl)c(Br)cc1Cl. The highest BCUT2D eigenvalue weighted by Gasteiger charge is 2.26. The van der Waals surface area contributed by atoms with Gasteiger partial charge in [0.1, 0.15) is 6.10 Å². The van der Waals surface area contributed by atoms with Crippen molar-refractivity contribution in [3.05, 3.63) is 27.2 Å². The zero-order valence-corrected chi connectivity index (χ0v) is 13.1. The fourth-order valence-corrected chi connectivity index (χ4v) is 3.94. The molecule has 0 aliphatic carbocycles. The summed E-state index contributed by atoms with van der Waals surface area (Å²) < 4.78 is 32.8. The van der Waals surface area contributed by atoms with E-state index < -0.39 is 15.0 Å². The van der Waals surface area contributed by atoms with Crippen molar-refractivity contribution >= 4 is 53.2 Å². The van der Waals surface area contributed by atoms with Gasteiger partial charge in [-0.3, -0.25) is 0 Å². The van der Waals surface area contributed by atoms with Gasteiger partial charge in [0.2, 0.25) is 0 Å². The van der Waals surface area contributed by atoms with Crippen LogP contribution in [0.2, 0.25) is 5.02 Å². The molecule has 0 spiro atoms. The average Bonchev–Trinajstić information content (AvgIpc) is 2.21. The lowest BCUT2D eigenvalue weighted by molar-refractivity contribution is -0.103. The molecule has 0 bridgehead atoms. The minimum atomic E-state index is -3.99. The largest absolute Gasteiger partial charge is 0.454 e. The summed E-state index contributed by atoms with van der Waals surface area (Å²) in [4.78, 5) is 11.6. The van der Waals surface area contributed by atoms with E-state index in [1.54, 1.807) is 0 Å². The molecule has 1 aromatic rings. The third kappa shape index (κ3) is 3.41. The van der Waals surface area contributed by atoms with Crippen molar-refractivity contribution in [2.75, 3.05) is 13.2 Å². The summed E-state index contributed by atoms with van der Waals surface area (Å²) in [6.45, 7) is 0.640. The zero-order valence-electron chi connectivity index (χ0n) is 9.23. The molecule has 19 heavy (non-hydrogen) atoms. The first kappa shape index (κ1) is 15.1. The minimum Gasteiger partial charge on any atom is -0.454 e. The first-order valence-corrected chi connectivity index (χ1v) is 8.49. The quantitative estimate of drug-likeness (QED) is 0.587. The number of carbonyl (C=O) groups excluding carboxylic acids is 1. The molecule has 1 fully saturated rings. The molecule has 0 unspecified atom stereocenters. The van der Waals surface area contributed by atoms with E-state index in [4.69, 9.17) is 31.8 Å². The van der Waals surface area contributed by atoms with E-state index >= 15 is 0 Å². The van der Waals surface area contributed by atoms with E-state index in [1.165, 1.54) is 6.07 Å². The first-order valence-electron chi connectivity index (χ1n) is 5.01. The Kier molecular flexibility index (Phi) is 4.42. The van der Waals surface area contributed by atoms with Gasteiger partial charge in [0, 0.05) is 15.2 Å². The number of rotatable bonds is 3. The number of esters is 1. The van der Waals surface area contributed by atoms with Crippen LogP contribution < -0.4 is 0 Å². The van der Waals surface area contributed by atoms with E-state index in [-0.39, 0.29) is 26.1 Å². The summed E-state index contributed by atoms with van der Waals surface area (Å²) >= 11 is 8.91. The molecule has 0 atom stereocenters. The molecular formula is C10H7BrCl2O5S. The molecule has 2 rings (SSSR count). The van der Waals surface area contributed by atoms with Crippen molar-refractivity contribution in [3.63, 3.8) is 0 Å². The molecule has 0 radical (unpaired) electrons. The second-order valence-electron chi connectivity index (χ2n) is 3.77. The summed E-state index contributed by atoms with van der Waals surface area (Å²) in [5.74, 6) is -0.715. The number of carbonyl (C=O) groups is 1. The molecule has 0 saturated carbocycles. The van der Waals surface area contributed by atoms with Gasteiger partial charge in [-0.05, 0) is 28.1 Å². The summed E-state index contributed by atoms with van der Waals surface area (Å²) in [7, 11) is 1.27. The molecule has 1 aromatic carbocycles. The predicted molar refractivity (Wildman–Crippen MR) is 72.2 cm³/mol. The smallest absolute Gasteiger partial charge is 0.340 e. The Morgan fingerprint density at radius 2 is 2.05 bits per heavy atom. The monoisotopic (exact) mass is 388 g/mol. The Morgan fingerprint density at radius 1 is 1.42 bits per heavy atom. The third-order valence-corrected chi connectivity index (χ3v) is 4.98. The maximum absolute atomic E-state index is 11.8. The van der Waals surface area contributed by atoms with Gasteiger partial charge in [0.05, 0.1) is 28.7 Å². The van der Waals surface area contributed by atoms with Crippen molar-refractivity contribution in [2.45, 2.75) is 11.0 Å². The van der Waals surface area contributed by atoms with Gasteiger partial charge in [0.15, 0.2) is 0 Å². The van der Waals surface area contributed by atoms with Crippen molar-refractivity contribution in [2.24, 2.45) is 0 Å². The molecule has 1 aliphatic rings. The highest BCUT2D eigenvalue weighted by molar-refractivity contribution is 9.10. The highest BCUT2D eigenvalue weighted by atomic mass is 79.9. The van der Waals surface area contributed by atoms with Gasteiger partial charge in [-0.2, -0.15) is 0 Å². The van der Waals surface area contributed by atoms with Crippen LogP contribution in [-0.4, -0.2) is 33.7 Å². The van der Waals surface area contributed by atoms with Crippen LogP contribution in [0.5, 0.6) is 0 Å². The fraction of sp³-hybridized carbons (Fsp3) is 0.300. The number of benzene rings is 1. The van der Waals surface area contributed by atoms with E-state index in [1.807, 2.05) is 0 Å². The molecule has 1 aliphatic heterocycles. The van der Waals surface area contributed by atoms with Gasteiger partial charge >= 0.3 is 5.97 Å². The predicted octanol–water partition coefficient (Wildman–Crippen LogP) is 2.59. The van der Waals surface area contributed by atoms with Crippen molar-refractivity contribution in [1.29, 1.82) is 0 Å². The van der Waals surface area contributed by atoms with Gasteiger partial charge in [-0.1, -0.05) is 11.6 Å². The Balaban J connectivity index is 2.36. The normalized spacial score (nSPS) is 15.9. The Hall–Kier alpha value is -0.340. The summed E-state index contributed by atoms with van der Waals surface area (Å²) in [6, 6.07) is 2.36. The number of ether oxygens (including phenoxy) is 2. The van der Waals surface area contributed by atoms with Gasteiger partial charge in [-0.25, -0.2) is 13.2 Å². The molecular weight excluding hydrogens is 383 g/mol. The van der Waals surface area contributed by atoms with Crippen molar-refractivity contribution in [1.82, 2.24) is 0 Å². The second kappa shape index (κ2) is 5.57. The first-order chi connectivity index (χ1) is 8.79. The molecule has 0 N–H and O–H groups in total. The lowest BCUT2D eigenvalue weighted by Gasteiger charge is -2.25. The second-order valence-corrected chi connectivity index (χ2v) is 7.56. The zero-order chi connectivity index (χ0) is 14.2. The number of hydrogen-bond acceptors (Lipinski definition) is 5. The van der Waals surface area contributed by atoms with Crippen LogP contribution in [0, 0.1) is 0 Å². The van der Waals surface area contributed by atoms with Gasteiger partial charge in [0.25, 0.3) is 9.05 Å². The lowest BCUT2D eigenvalue weighted by atomic mass is 10.2. The van der Waals surface area contributed by atoms with E-state index in [9.17, 15) is 13.2 Å². The molecule has 5 nitrogen and oxygen atoms in total. The lowest BCUT2D eigenvalue weighted by Crippen LogP contribution is -2.37. The Bertz CT molecular complexity index is 627. The highest BCUT2D eigenvalue weighted by Crippen LogP contribution is 2.31. The van der Waals surface area contributed by atoms with Crippen LogP contribution >= 0.6 is 38.2 Å². The van der Waals surface area contributed by atoms with E-state index in [0.29, 0.717) is 13.2 Å². The van der Waals surface area contributed by atoms with Crippen LogP contribution in [0.4, 0.5) is 0 Å². The third-order valence-electron chi connectivity index (χ3n) is 2.39. The Labute approximate surface area is 127 Å². The molecule has 0 amide bonds. The van der Waals surface area contributed by atoms with Crippen molar-refractivity contribution < 1.29 is 22.7 Å². The number of halogens is 3. The molecule has 1 saturated heterocycles. The molecule has 1 heterocycles. The standard InChI is InChI=1S/C10H7BrCl2O5S/c11-7-2-8(12)6(1-9(7)19(13,15)16)10(14)18-5-3-17-4-5/h1-2,5H,3-4H2. The Morgan fingerprint density at radius 3 is 2.53 bits per heavy atom. The minimum absolute atomic E-state index is 0.0593. The molecule has 9 heteroatoms. The maximum Gasteiger partial charge on any atom is 0.340 e. The van der Waals surface area contributed by atoms with Gasteiger partial charge < -0.3 is 9.47 Å². The summed E-state index contributed by atoms with van der Waals surface area (Å²) in [5, 5.41) is 0.0705. The van der Waals surface area contributed by atoms with Crippen LogP contribution in [0.15, 0.2) is 21.5 Å². The molecule has 0 aromatic heterocycles. The summed E-state index contributed by atoms with van der Waals surface area (Å²) in [5.41, 5.74) is -0.0593. The fourth-order valence-electron chi connectivity index (χ4n) is 1.37. The van der Waals surface area contributed by atoms with E-state index in [0.717, 1.165) is 6.07 Å². The van der Waals surface area contributed by atoms with Crippen molar-refractivity contribution in [3.8, 4) is 0 Å². The van der Waals surface area contributed by atoms with Gasteiger partial charge in [-0.15, -0.1) is 0 Å². The average molecular weight is 390 g/mol. The van der Waals surface area contributed by atoms with E-state index in [2.05, 4.69) is 15.9 Å². The van der Waals surface area contributed by atoms with Crippen LogP contribution in [-0.2, 0) is 18.5 Å². The topological polar surface area (TPSA) is 69.7 Å². The number of hydrogen-bond donors (Lipinski definition) is 0. The van der Waals surface area contributed by atoms with Crippen LogP contribution in [0.3, 0.4) is 0 Å². The summed E-state index contributed by atoms with van der Waals surface area (Å²) in [6.07, 6.45) is -0.330. The molecule has 104 valence electrons.